The quantitative estimate of drug-likeness (QED) is 0.838. The maximum atomic E-state index is 12.1. The van der Waals surface area contributed by atoms with E-state index in [-0.39, 0.29) is 11.9 Å². The molecule has 0 unspecified atom stereocenters. The van der Waals surface area contributed by atoms with E-state index in [9.17, 15) is 4.79 Å². The topological polar surface area (TPSA) is 54.0 Å². The second-order valence-electron chi connectivity index (χ2n) is 4.17. The van der Waals surface area contributed by atoms with Crippen LogP contribution < -0.4 is 10.6 Å². The predicted octanol–water partition coefficient (Wildman–Crippen LogP) is 2.40. The highest BCUT2D eigenvalue weighted by molar-refractivity contribution is 7.99. The zero-order chi connectivity index (χ0) is 13.0. The van der Waals surface area contributed by atoms with Crippen LogP contribution in [0.3, 0.4) is 0 Å². The first-order valence-corrected chi connectivity index (χ1v) is 7.46. The number of halogens is 1. The average Bonchev–Trinajstić information content (AvgIpc) is 2.39. The molecule has 2 N–H and O–H groups in total. The van der Waals surface area contributed by atoms with Gasteiger partial charge in [0, 0.05) is 18.7 Å². The SMILES string of the molecule is CNc1cc(C(=O)NC2CCSCC2)cc(Cl)n1. The van der Waals surface area contributed by atoms with E-state index < -0.39 is 0 Å². The normalized spacial score (nSPS) is 16.3. The number of nitrogens with zero attached hydrogens (tertiary/aromatic N) is 1. The van der Waals surface area contributed by atoms with Gasteiger partial charge < -0.3 is 10.6 Å². The zero-order valence-electron chi connectivity index (χ0n) is 10.2. The van der Waals surface area contributed by atoms with Gasteiger partial charge in [-0.05, 0) is 36.5 Å². The van der Waals surface area contributed by atoms with Gasteiger partial charge in [-0.15, -0.1) is 0 Å². The molecule has 0 aromatic carbocycles. The molecule has 1 aromatic heterocycles. The lowest BCUT2D eigenvalue weighted by atomic mass is 10.1. The number of rotatable bonds is 3. The number of pyridine rings is 1. The molecule has 0 spiro atoms. The summed E-state index contributed by atoms with van der Waals surface area (Å²) >= 11 is 7.82. The Morgan fingerprint density at radius 2 is 2.17 bits per heavy atom. The maximum Gasteiger partial charge on any atom is 0.251 e. The van der Waals surface area contributed by atoms with Crippen molar-refractivity contribution in [2.75, 3.05) is 23.9 Å². The van der Waals surface area contributed by atoms with Crippen molar-refractivity contribution in [2.45, 2.75) is 18.9 Å². The Morgan fingerprint density at radius 1 is 1.44 bits per heavy atom. The van der Waals surface area contributed by atoms with Crippen molar-refractivity contribution in [2.24, 2.45) is 0 Å². The third-order valence-electron chi connectivity index (χ3n) is 2.87. The number of hydrogen-bond acceptors (Lipinski definition) is 4. The molecule has 1 aromatic rings. The van der Waals surface area contributed by atoms with Crippen LogP contribution in [0.1, 0.15) is 23.2 Å². The number of nitrogens with one attached hydrogen (secondary N) is 2. The van der Waals surface area contributed by atoms with Crippen LogP contribution in [0.2, 0.25) is 5.15 Å². The first-order valence-electron chi connectivity index (χ1n) is 5.93. The minimum atomic E-state index is -0.0762. The van der Waals surface area contributed by atoms with Gasteiger partial charge in [0.2, 0.25) is 0 Å². The minimum absolute atomic E-state index is 0.0762. The van der Waals surface area contributed by atoms with Crippen molar-refractivity contribution in [3.8, 4) is 0 Å². The molecule has 98 valence electrons. The summed E-state index contributed by atoms with van der Waals surface area (Å²) in [6.45, 7) is 0. The summed E-state index contributed by atoms with van der Waals surface area (Å²) in [5, 5.41) is 6.26. The molecular formula is C12H16ClN3OS. The molecule has 1 aliphatic heterocycles. The standard InChI is InChI=1S/C12H16ClN3OS/c1-14-11-7-8(6-10(13)16-11)12(17)15-9-2-4-18-5-3-9/h6-7,9H,2-5H2,1H3,(H,14,16)(H,15,17). The van der Waals surface area contributed by atoms with E-state index in [1.54, 1.807) is 19.2 Å². The smallest absolute Gasteiger partial charge is 0.251 e. The number of aromatic nitrogens is 1. The van der Waals surface area contributed by atoms with Crippen molar-refractivity contribution < 1.29 is 4.79 Å². The fourth-order valence-electron chi connectivity index (χ4n) is 1.87. The highest BCUT2D eigenvalue weighted by Gasteiger charge is 2.17. The van der Waals surface area contributed by atoms with Crippen molar-refractivity contribution in [1.82, 2.24) is 10.3 Å². The maximum absolute atomic E-state index is 12.1. The Labute approximate surface area is 116 Å². The van der Waals surface area contributed by atoms with E-state index in [0.29, 0.717) is 16.5 Å². The lowest BCUT2D eigenvalue weighted by molar-refractivity contribution is 0.0935. The molecule has 0 atom stereocenters. The van der Waals surface area contributed by atoms with Crippen LogP contribution in [0, 0.1) is 0 Å². The first kappa shape index (κ1) is 13.5. The summed E-state index contributed by atoms with van der Waals surface area (Å²) in [5.74, 6) is 2.76. The highest BCUT2D eigenvalue weighted by atomic mass is 35.5. The lowest BCUT2D eigenvalue weighted by Crippen LogP contribution is -2.37. The number of thioether (sulfide) groups is 1. The number of hydrogen-bond donors (Lipinski definition) is 2. The van der Waals surface area contributed by atoms with Gasteiger partial charge in [-0.3, -0.25) is 4.79 Å². The Kier molecular flexibility index (Phi) is 4.72. The van der Waals surface area contributed by atoms with Gasteiger partial charge in [-0.1, -0.05) is 11.6 Å². The van der Waals surface area contributed by atoms with Crippen molar-refractivity contribution in [1.29, 1.82) is 0 Å². The highest BCUT2D eigenvalue weighted by Crippen LogP contribution is 2.18. The minimum Gasteiger partial charge on any atom is -0.373 e. The number of anilines is 1. The Hall–Kier alpha value is -0.940. The Bertz CT molecular complexity index is 435. The van der Waals surface area contributed by atoms with Gasteiger partial charge in [-0.25, -0.2) is 4.98 Å². The van der Waals surface area contributed by atoms with E-state index >= 15 is 0 Å². The van der Waals surface area contributed by atoms with Crippen LogP contribution in [-0.4, -0.2) is 35.5 Å². The van der Waals surface area contributed by atoms with Crippen LogP contribution in [0.25, 0.3) is 0 Å². The molecule has 0 radical (unpaired) electrons. The number of carbonyl (C=O) groups is 1. The summed E-state index contributed by atoms with van der Waals surface area (Å²) in [7, 11) is 1.75. The largest absolute Gasteiger partial charge is 0.373 e. The van der Waals surface area contributed by atoms with Gasteiger partial charge in [-0.2, -0.15) is 11.8 Å². The van der Waals surface area contributed by atoms with E-state index in [4.69, 9.17) is 11.6 Å². The fourth-order valence-corrected chi connectivity index (χ4v) is 3.18. The molecular weight excluding hydrogens is 270 g/mol. The molecule has 18 heavy (non-hydrogen) atoms. The Balaban J connectivity index is 2.05. The van der Waals surface area contributed by atoms with Crippen LogP contribution >= 0.6 is 23.4 Å². The van der Waals surface area contributed by atoms with Crippen LogP contribution in [-0.2, 0) is 0 Å². The number of carbonyl (C=O) groups excluding carboxylic acids is 1. The van der Waals surface area contributed by atoms with Crippen LogP contribution in [0.4, 0.5) is 5.82 Å². The molecule has 1 amide bonds. The molecule has 0 aliphatic carbocycles. The Morgan fingerprint density at radius 3 is 2.83 bits per heavy atom. The molecule has 2 rings (SSSR count). The second-order valence-corrected chi connectivity index (χ2v) is 5.79. The molecule has 6 heteroatoms. The lowest BCUT2D eigenvalue weighted by Gasteiger charge is -2.22. The van der Waals surface area contributed by atoms with E-state index in [1.807, 2.05) is 11.8 Å². The molecule has 1 saturated heterocycles. The summed E-state index contributed by atoms with van der Waals surface area (Å²) in [6, 6.07) is 3.58. The first-order chi connectivity index (χ1) is 8.69. The zero-order valence-corrected chi connectivity index (χ0v) is 11.8. The average molecular weight is 286 g/mol. The summed E-state index contributed by atoms with van der Waals surface area (Å²) in [6.07, 6.45) is 2.07. The number of amides is 1. The molecule has 0 bridgehead atoms. The molecule has 1 aliphatic rings. The van der Waals surface area contributed by atoms with Gasteiger partial charge in [0.15, 0.2) is 0 Å². The van der Waals surface area contributed by atoms with Crippen LogP contribution in [0.5, 0.6) is 0 Å². The van der Waals surface area contributed by atoms with E-state index in [2.05, 4.69) is 15.6 Å². The molecule has 2 heterocycles. The molecule has 1 fully saturated rings. The van der Waals surface area contributed by atoms with Gasteiger partial charge in [0.1, 0.15) is 11.0 Å². The third-order valence-corrected chi connectivity index (χ3v) is 4.11. The van der Waals surface area contributed by atoms with Crippen LogP contribution in [0.15, 0.2) is 12.1 Å². The molecule has 4 nitrogen and oxygen atoms in total. The summed E-state index contributed by atoms with van der Waals surface area (Å²) in [4.78, 5) is 16.2. The fraction of sp³-hybridized carbons (Fsp3) is 0.500. The van der Waals surface area contributed by atoms with Crippen molar-refractivity contribution in [3.05, 3.63) is 22.8 Å². The van der Waals surface area contributed by atoms with E-state index in [0.717, 1.165) is 24.3 Å². The van der Waals surface area contributed by atoms with Crippen molar-refractivity contribution >= 4 is 35.1 Å². The van der Waals surface area contributed by atoms with Gasteiger partial charge in [0.25, 0.3) is 5.91 Å². The predicted molar refractivity (Wildman–Crippen MR) is 76.6 cm³/mol. The summed E-state index contributed by atoms with van der Waals surface area (Å²) < 4.78 is 0. The second kappa shape index (κ2) is 6.29. The van der Waals surface area contributed by atoms with Gasteiger partial charge in [0.05, 0.1) is 0 Å². The van der Waals surface area contributed by atoms with Gasteiger partial charge >= 0.3 is 0 Å². The van der Waals surface area contributed by atoms with Crippen molar-refractivity contribution in [3.63, 3.8) is 0 Å². The van der Waals surface area contributed by atoms with E-state index in [1.165, 1.54) is 0 Å². The monoisotopic (exact) mass is 285 g/mol. The molecule has 0 saturated carbocycles. The third kappa shape index (κ3) is 3.53. The summed E-state index contributed by atoms with van der Waals surface area (Å²) in [5.41, 5.74) is 0.553.